The SMILES string of the molecule is Cc1nc2cc(-c3ccc(Cl)cc3)nn2c(N2CCCC(C(=O)O)C2)c1OC(C)C. The van der Waals surface area contributed by atoms with Crippen LogP contribution in [0.4, 0.5) is 5.82 Å². The molecule has 0 amide bonds. The van der Waals surface area contributed by atoms with E-state index in [1.807, 2.05) is 51.1 Å². The number of carboxylic acid groups (broad SMARTS) is 1. The van der Waals surface area contributed by atoms with Gasteiger partial charge in [-0.25, -0.2) is 4.98 Å². The van der Waals surface area contributed by atoms with Crippen LogP contribution in [0.5, 0.6) is 5.75 Å². The van der Waals surface area contributed by atoms with Crippen LogP contribution < -0.4 is 9.64 Å². The van der Waals surface area contributed by atoms with E-state index >= 15 is 0 Å². The Bertz CT molecular complexity index is 1080. The number of ether oxygens (including phenoxy) is 1. The van der Waals surface area contributed by atoms with Gasteiger partial charge in [-0.05, 0) is 45.7 Å². The van der Waals surface area contributed by atoms with Gasteiger partial charge < -0.3 is 14.7 Å². The second kappa shape index (κ2) is 8.14. The third-order valence-electron chi connectivity index (χ3n) is 5.27. The Labute approximate surface area is 180 Å². The van der Waals surface area contributed by atoms with Crippen molar-refractivity contribution in [1.82, 2.24) is 14.6 Å². The van der Waals surface area contributed by atoms with Crippen molar-refractivity contribution in [2.75, 3.05) is 18.0 Å². The van der Waals surface area contributed by atoms with Crippen LogP contribution in [-0.2, 0) is 4.79 Å². The summed E-state index contributed by atoms with van der Waals surface area (Å²) in [7, 11) is 0. The quantitative estimate of drug-likeness (QED) is 0.646. The average Bonchev–Trinajstić information content (AvgIpc) is 3.12. The monoisotopic (exact) mass is 428 g/mol. The second-order valence-electron chi connectivity index (χ2n) is 7.95. The third kappa shape index (κ3) is 3.94. The van der Waals surface area contributed by atoms with Gasteiger partial charge in [-0.2, -0.15) is 9.61 Å². The van der Waals surface area contributed by atoms with Gasteiger partial charge in [0.25, 0.3) is 0 Å². The predicted octanol–water partition coefficient (Wildman–Crippen LogP) is 4.45. The molecule has 0 radical (unpaired) electrons. The molecule has 1 aliphatic rings. The minimum Gasteiger partial charge on any atom is -0.485 e. The zero-order valence-electron chi connectivity index (χ0n) is 17.3. The number of halogens is 1. The molecule has 1 aliphatic heterocycles. The third-order valence-corrected chi connectivity index (χ3v) is 5.52. The minimum atomic E-state index is -0.768. The highest BCUT2D eigenvalue weighted by Gasteiger charge is 2.30. The number of hydrogen-bond acceptors (Lipinski definition) is 5. The fraction of sp³-hybridized carbons (Fsp3) is 0.409. The summed E-state index contributed by atoms with van der Waals surface area (Å²) in [5.74, 6) is 0.225. The largest absolute Gasteiger partial charge is 0.485 e. The van der Waals surface area contributed by atoms with Gasteiger partial charge in [0.2, 0.25) is 0 Å². The van der Waals surface area contributed by atoms with Crippen molar-refractivity contribution in [1.29, 1.82) is 0 Å². The van der Waals surface area contributed by atoms with Crippen molar-refractivity contribution in [3.05, 3.63) is 41.0 Å². The number of rotatable bonds is 5. The maximum absolute atomic E-state index is 11.6. The van der Waals surface area contributed by atoms with E-state index in [1.165, 1.54) is 0 Å². The lowest BCUT2D eigenvalue weighted by Gasteiger charge is -2.34. The molecule has 3 heterocycles. The first-order valence-corrected chi connectivity index (χ1v) is 10.5. The number of hydrogen-bond donors (Lipinski definition) is 1. The maximum atomic E-state index is 11.6. The Hall–Kier alpha value is -2.80. The average molecular weight is 429 g/mol. The van der Waals surface area contributed by atoms with Crippen LogP contribution in [0, 0.1) is 12.8 Å². The van der Waals surface area contributed by atoms with E-state index in [2.05, 4.69) is 4.90 Å². The normalized spacial score (nSPS) is 17.0. The van der Waals surface area contributed by atoms with Gasteiger partial charge in [0.05, 0.1) is 23.4 Å². The highest BCUT2D eigenvalue weighted by atomic mass is 35.5. The maximum Gasteiger partial charge on any atom is 0.308 e. The first kappa shape index (κ1) is 20.5. The summed E-state index contributed by atoms with van der Waals surface area (Å²) >= 11 is 6.02. The molecule has 0 aliphatic carbocycles. The highest BCUT2D eigenvalue weighted by molar-refractivity contribution is 6.30. The van der Waals surface area contributed by atoms with Crippen molar-refractivity contribution in [3.8, 4) is 17.0 Å². The molecule has 8 heteroatoms. The second-order valence-corrected chi connectivity index (χ2v) is 8.38. The first-order valence-electron chi connectivity index (χ1n) is 10.1. The van der Waals surface area contributed by atoms with Gasteiger partial charge in [0.15, 0.2) is 17.2 Å². The lowest BCUT2D eigenvalue weighted by atomic mass is 9.98. The van der Waals surface area contributed by atoms with E-state index in [1.54, 1.807) is 4.52 Å². The van der Waals surface area contributed by atoms with Crippen molar-refractivity contribution in [2.45, 2.75) is 39.7 Å². The fourth-order valence-electron chi connectivity index (χ4n) is 3.87. The molecule has 0 spiro atoms. The summed E-state index contributed by atoms with van der Waals surface area (Å²) in [5.41, 5.74) is 3.16. The van der Waals surface area contributed by atoms with Gasteiger partial charge in [0.1, 0.15) is 0 Å². The summed E-state index contributed by atoms with van der Waals surface area (Å²) in [6, 6.07) is 9.43. The molecule has 158 valence electrons. The van der Waals surface area contributed by atoms with Crippen LogP contribution in [0.15, 0.2) is 30.3 Å². The smallest absolute Gasteiger partial charge is 0.308 e. The van der Waals surface area contributed by atoms with Gasteiger partial charge in [-0.3, -0.25) is 4.79 Å². The van der Waals surface area contributed by atoms with Crippen molar-refractivity contribution in [3.63, 3.8) is 0 Å². The van der Waals surface area contributed by atoms with Gasteiger partial charge >= 0.3 is 5.97 Å². The van der Waals surface area contributed by atoms with Crippen molar-refractivity contribution in [2.24, 2.45) is 5.92 Å². The summed E-state index contributed by atoms with van der Waals surface area (Å²) in [5, 5.41) is 15.0. The zero-order chi connectivity index (χ0) is 21.4. The molecule has 0 saturated carbocycles. The molecule has 1 atom stereocenters. The van der Waals surface area contributed by atoms with Crippen LogP contribution in [0.25, 0.3) is 16.9 Å². The lowest BCUT2D eigenvalue weighted by Crippen LogP contribution is -2.40. The molecule has 0 bridgehead atoms. The molecule has 2 aromatic heterocycles. The number of carboxylic acids is 1. The Kier molecular flexibility index (Phi) is 5.56. The number of fused-ring (bicyclic) bond motifs is 1. The molecule has 1 N–H and O–H groups in total. The van der Waals surface area contributed by atoms with E-state index in [0.717, 1.165) is 35.7 Å². The lowest BCUT2D eigenvalue weighted by molar-refractivity contribution is -0.141. The molecular weight excluding hydrogens is 404 g/mol. The van der Waals surface area contributed by atoms with Crippen LogP contribution in [0.3, 0.4) is 0 Å². The molecule has 1 unspecified atom stereocenters. The topological polar surface area (TPSA) is 80.0 Å². The Morgan fingerprint density at radius 2 is 2.03 bits per heavy atom. The number of aryl methyl sites for hydroxylation is 1. The Balaban J connectivity index is 1.87. The molecular formula is C22H25ClN4O3. The van der Waals surface area contributed by atoms with Gasteiger partial charge in [-0.15, -0.1) is 0 Å². The molecule has 4 rings (SSSR count). The highest BCUT2D eigenvalue weighted by Crippen LogP contribution is 2.36. The number of aromatic nitrogens is 3. The number of nitrogens with zero attached hydrogens (tertiary/aromatic N) is 4. The van der Waals surface area contributed by atoms with Crippen molar-refractivity contribution < 1.29 is 14.6 Å². The summed E-state index contributed by atoms with van der Waals surface area (Å²) in [6.45, 7) is 7.00. The van der Waals surface area contributed by atoms with Crippen molar-refractivity contribution >= 4 is 29.0 Å². The Morgan fingerprint density at radius 3 is 2.70 bits per heavy atom. The predicted molar refractivity (Wildman–Crippen MR) is 117 cm³/mol. The summed E-state index contributed by atoms with van der Waals surface area (Å²) in [6.07, 6.45) is 1.42. The summed E-state index contributed by atoms with van der Waals surface area (Å²) in [4.78, 5) is 18.4. The van der Waals surface area contributed by atoms with E-state index < -0.39 is 11.9 Å². The molecule has 1 fully saturated rings. The van der Waals surface area contributed by atoms with E-state index in [4.69, 9.17) is 26.4 Å². The molecule has 1 aromatic carbocycles. The molecule has 3 aromatic rings. The minimum absolute atomic E-state index is 0.0481. The number of anilines is 1. The van der Waals surface area contributed by atoms with E-state index in [0.29, 0.717) is 29.4 Å². The molecule has 1 saturated heterocycles. The van der Waals surface area contributed by atoms with Crippen LogP contribution in [0.2, 0.25) is 5.02 Å². The van der Waals surface area contributed by atoms with E-state index in [-0.39, 0.29) is 6.10 Å². The Morgan fingerprint density at radius 1 is 1.30 bits per heavy atom. The van der Waals surface area contributed by atoms with Gasteiger partial charge in [-0.1, -0.05) is 23.7 Å². The number of piperidine rings is 1. The fourth-order valence-corrected chi connectivity index (χ4v) is 4.00. The van der Waals surface area contributed by atoms with E-state index in [9.17, 15) is 9.90 Å². The van der Waals surface area contributed by atoms with Crippen LogP contribution in [0.1, 0.15) is 32.4 Å². The number of benzene rings is 1. The standard InChI is InChI=1S/C22H25ClN4O3/c1-13(2)30-20-14(3)24-19-11-18(15-6-8-17(23)9-7-15)25-27(19)21(20)26-10-4-5-16(12-26)22(28)29/h6-9,11,13,16H,4-5,10,12H2,1-3H3,(H,28,29). The van der Waals surface area contributed by atoms with Gasteiger partial charge in [0, 0.05) is 29.7 Å². The van der Waals surface area contributed by atoms with Crippen LogP contribution >= 0.6 is 11.6 Å². The number of carbonyl (C=O) groups is 1. The first-order chi connectivity index (χ1) is 14.3. The molecule has 7 nitrogen and oxygen atoms in total. The molecule has 30 heavy (non-hydrogen) atoms. The summed E-state index contributed by atoms with van der Waals surface area (Å²) < 4.78 is 7.91. The van der Waals surface area contributed by atoms with Crippen LogP contribution in [-0.4, -0.2) is 44.9 Å². The number of aliphatic carboxylic acids is 1. The zero-order valence-corrected chi connectivity index (χ0v) is 18.1.